The van der Waals surface area contributed by atoms with Crippen LogP contribution in [0.15, 0.2) is 0 Å². The van der Waals surface area contributed by atoms with Crippen LogP contribution in [0.5, 0.6) is 0 Å². The van der Waals surface area contributed by atoms with Crippen LogP contribution in [0.2, 0.25) is 0 Å². The van der Waals surface area contributed by atoms with Gasteiger partial charge in [0.25, 0.3) is 0 Å². The maximum atomic E-state index is 9.16. The van der Waals surface area contributed by atoms with Crippen LogP contribution in [-0.4, -0.2) is 48.8 Å². The predicted molar refractivity (Wildman–Crippen MR) is 68.6 cm³/mol. The van der Waals surface area contributed by atoms with Gasteiger partial charge in [-0.25, -0.2) is 0 Å². The number of hydrogen-bond acceptors (Lipinski definition) is 3. The van der Waals surface area contributed by atoms with Crippen LogP contribution in [0, 0.1) is 5.92 Å². The van der Waals surface area contributed by atoms with Crippen molar-refractivity contribution in [3.8, 4) is 0 Å². The third-order valence-corrected chi connectivity index (χ3v) is 3.74. The average molecular weight is 228 g/mol. The summed E-state index contributed by atoms with van der Waals surface area (Å²) in [5.74, 6) is 0.836. The van der Waals surface area contributed by atoms with E-state index in [-0.39, 0.29) is 6.10 Å². The Bertz CT molecular complexity index is 177. The standard InChI is InChI=1S/C13H28N2O/c1-11(16)5-4-8-14-12(2)13-6-9-15(3)10-7-13/h11-14,16H,4-10H2,1-3H3. The van der Waals surface area contributed by atoms with E-state index in [1.807, 2.05) is 6.92 Å². The third kappa shape index (κ3) is 5.28. The molecule has 1 aliphatic heterocycles. The largest absolute Gasteiger partial charge is 0.393 e. The quantitative estimate of drug-likeness (QED) is 0.676. The monoisotopic (exact) mass is 228 g/mol. The number of nitrogens with one attached hydrogen (secondary N) is 1. The third-order valence-electron chi connectivity index (χ3n) is 3.74. The summed E-state index contributed by atoms with van der Waals surface area (Å²) in [5, 5.41) is 12.8. The first kappa shape index (κ1) is 13.9. The van der Waals surface area contributed by atoms with E-state index in [0.717, 1.165) is 25.3 Å². The molecule has 2 N–H and O–H groups in total. The van der Waals surface area contributed by atoms with Gasteiger partial charge in [-0.1, -0.05) is 0 Å². The van der Waals surface area contributed by atoms with Crippen molar-refractivity contribution in [3.63, 3.8) is 0 Å². The molecule has 0 aromatic heterocycles. The summed E-state index contributed by atoms with van der Waals surface area (Å²) in [4.78, 5) is 2.41. The van der Waals surface area contributed by atoms with Crippen LogP contribution in [0.25, 0.3) is 0 Å². The maximum Gasteiger partial charge on any atom is 0.0512 e. The predicted octanol–water partition coefficient (Wildman–Crippen LogP) is 1.47. The summed E-state index contributed by atoms with van der Waals surface area (Å²) < 4.78 is 0. The zero-order valence-corrected chi connectivity index (χ0v) is 11.1. The van der Waals surface area contributed by atoms with Crippen LogP contribution in [0.3, 0.4) is 0 Å². The van der Waals surface area contributed by atoms with E-state index in [2.05, 4.69) is 24.2 Å². The first-order valence-electron chi connectivity index (χ1n) is 6.69. The number of likely N-dealkylation sites (tertiary alicyclic amines) is 1. The molecule has 0 aromatic rings. The van der Waals surface area contributed by atoms with Gasteiger partial charge in [-0.3, -0.25) is 0 Å². The highest BCUT2D eigenvalue weighted by Crippen LogP contribution is 2.19. The van der Waals surface area contributed by atoms with Gasteiger partial charge in [0, 0.05) is 6.04 Å². The highest BCUT2D eigenvalue weighted by molar-refractivity contribution is 4.78. The molecule has 2 unspecified atom stereocenters. The van der Waals surface area contributed by atoms with E-state index in [0.29, 0.717) is 6.04 Å². The van der Waals surface area contributed by atoms with Crippen molar-refractivity contribution in [2.45, 2.75) is 51.7 Å². The number of piperidine rings is 1. The lowest BCUT2D eigenvalue weighted by atomic mass is 9.90. The van der Waals surface area contributed by atoms with Gasteiger partial charge in [-0.05, 0) is 72.1 Å². The summed E-state index contributed by atoms with van der Waals surface area (Å²) in [6, 6.07) is 0.627. The van der Waals surface area contributed by atoms with Gasteiger partial charge in [0.05, 0.1) is 6.10 Å². The van der Waals surface area contributed by atoms with Gasteiger partial charge in [0.2, 0.25) is 0 Å². The molecule has 1 fully saturated rings. The molecular formula is C13H28N2O. The Kier molecular flexibility index (Phi) is 6.32. The van der Waals surface area contributed by atoms with Crippen molar-refractivity contribution in [2.75, 3.05) is 26.7 Å². The first-order valence-corrected chi connectivity index (χ1v) is 6.69. The highest BCUT2D eigenvalue weighted by Gasteiger charge is 2.21. The van der Waals surface area contributed by atoms with E-state index in [1.165, 1.54) is 25.9 Å². The summed E-state index contributed by atoms with van der Waals surface area (Å²) in [5.41, 5.74) is 0. The Morgan fingerprint density at radius 1 is 1.31 bits per heavy atom. The molecule has 0 aliphatic carbocycles. The van der Waals surface area contributed by atoms with E-state index in [1.54, 1.807) is 0 Å². The Balaban J connectivity index is 2.08. The number of nitrogens with zero attached hydrogens (tertiary/aromatic N) is 1. The van der Waals surface area contributed by atoms with Crippen LogP contribution < -0.4 is 5.32 Å². The maximum absolute atomic E-state index is 9.16. The molecule has 0 spiro atoms. The van der Waals surface area contributed by atoms with Gasteiger partial charge < -0.3 is 15.3 Å². The Labute approximate surface area is 100 Å². The lowest BCUT2D eigenvalue weighted by molar-refractivity contribution is 0.174. The zero-order chi connectivity index (χ0) is 12.0. The fraction of sp³-hybridized carbons (Fsp3) is 1.00. The number of hydrogen-bond donors (Lipinski definition) is 2. The molecule has 1 saturated heterocycles. The van der Waals surface area contributed by atoms with Crippen LogP contribution in [0.4, 0.5) is 0 Å². The Morgan fingerprint density at radius 3 is 2.50 bits per heavy atom. The van der Waals surface area contributed by atoms with Crippen molar-refractivity contribution >= 4 is 0 Å². The second-order valence-electron chi connectivity index (χ2n) is 5.37. The molecule has 1 rings (SSSR count). The van der Waals surface area contributed by atoms with Gasteiger partial charge in [-0.2, -0.15) is 0 Å². The van der Waals surface area contributed by atoms with E-state index in [4.69, 9.17) is 5.11 Å². The fourth-order valence-corrected chi connectivity index (χ4v) is 2.42. The van der Waals surface area contributed by atoms with Gasteiger partial charge >= 0.3 is 0 Å². The Morgan fingerprint density at radius 2 is 1.94 bits per heavy atom. The summed E-state index contributed by atoms with van der Waals surface area (Å²) in [6.07, 6.45) is 4.48. The number of rotatable bonds is 6. The molecule has 0 saturated carbocycles. The minimum Gasteiger partial charge on any atom is -0.393 e. The average Bonchev–Trinajstić information content (AvgIpc) is 2.25. The molecule has 3 nitrogen and oxygen atoms in total. The summed E-state index contributed by atoms with van der Waals surface area (Å²) >= 11 is 0. The van der Waals surface area contributed by atoms with Gasteiger partial charge in [0.15, 0.2) is 0 Å². The van der Waals surface area contributed by atoms with Crippen LogP contribution in [0.1, 0.15) is 39.5 Å². The fourth-order valence-electron chi connectivity index (χ4n) is 2.42. The zero-order valence-electron chi connectivity index (χ0n) is 11.1. The molecule has 0 radical (unpaired) electrons. The second kappa shape index (κ2) is 7.25. The van der Waals surface area contributed by atoms with Gasteiger partial charge in [0.1, 0.15) is 0 Å². The molecule has 3 heteroatoms. The molecule has 96 valence electrons. The molecule has 0 amide bonds. The highest BCUT2D eigenvalue weighted by atomic mass is 16.3. The van der Waals surface area contributed by atoms with Crippen molar-refractivity contribution in [3.05, 3.63) is 0 Å². The second-order valence-corrected chi connectivity index (χ2v) is 5.37. The van der Waals surface area contributed by atoms with Crippen molar-refractivity contribution in [1.29, 1.82) is 0 Å². The Hall–Kier alpha value is -0.120. The van der Waals surface area contributed by atoms with Gasteiger partial charge in [-0.15, -0.1) is 0 Å². The van der Waals surface area contributed by atoms with E-state index < -0.39 is 0 Å². The molecule has 16 heavy (non-hydrogen) atoms. The summed E-state index contributed by atoms with van der Waals surface area (Å²) in [7, 11) is 2.21. The smallest absolute Gasteiger partial charge is 0.0512 e. The molecule has 0 bridgehead atoms. The number of aliphatic hydroxyl groups is 1. The van der Waals surface area contributed by atoms with E-state index in [9.17, 15) is 0 Å². The molecule has 1 aliphatic rings. The van der Waals surface area contributed by atoms with Crippen molar-refractivity contribution in [2.24, 2.45) is 5.92 Å². The van der Waals surface area contributed by atoms with Crippen molar-refractivity contribution < 1.29 is 5.11 Å². The molecule has 1 heterocycles. The molecule has 2 atom stereocenters. The topological polar surface area (TPSA) is 35.5 Å². The van der Waals surface area contributed by atoms with E-state index >= 15 is 0 Å². The number of aliphatic hydroxyl groups excluding tert-OH is 1. The lowest BCUT2D eigenvalue weighted by Crippen LogP contribution is -2.41. The first-order chi connectivity index (χ1) is 7.59. The minimum atomic E-state index is -0.152. The molecule has 0 aromatic carbocycles. The van der Waals surface area contributed by atoms with Crippen LogP contribution in [-0.2, 0) is 0 Å². The SMILES string of the molecule is CC(O)CCCNC(C)C1CCN(C)CC1. The summed E-state index contributed by atoms with van der Waals surface area (Å²) in [6.45, 7) is 7.69. The minimum absolute atomic E-state index is 0.152. The molecular weight excluding hydrogens is 200 g/mol. The van der Waals surface area contributed by atoms with Crippen LogP contribution >= 0.6 is 0 Å². The van der Waals surface area contributed by atoms with Crippen molar-refractivity contribution in [1.82, 2.24) is 10.2 Å². The normalized spacial score (nSPS) is 23.2. The lowest BCUT2D eigenvalue weighted by Gasteiger charge is -2.33.